The molecule has 0 aliphatic carbocycles. The van der Waals surface area contributed by atoms with E-state index in [1.165, 1.54) is 0 Å². The molecule has 0 aliphatic rings. The number of aryl methyl sites for hydroxylation is 1. The fraction of sp³-hybridized carbons (Fsp3) is 0.250. The summed E-state index contributed by atoms with van der Waals surface area (Å²) in [7, 11) is 4.97. The molecule has 0 unspecified atom stereocenters. The van der Waals surface area contributed by atoms with Crippen molar-refractivity contribution in [3.05, 3.63) is 71.4 Å². The SMILES string of the molecule is CCNCc1cc(OC)c(OC)cc1NC(=O)c1ccc(C)c(-c2ccc3nc(NC)ncc3c2)c1. The smallest absolute Gasteiger partial charge is 0.255 e. The first-order valence-corrected chi connectivity index (χ1v) is 11.8. The van der Waals surface area contributed by atoms with Gasteiger partial charge in [0, 0.05) is 42.5 Å². The molecule has 4 rings (SSSR count). The summed E-state index contributed by atoms with van der Waals surface area (Å²) in [5.74, 6) is 1.54. The highest BCUT2D eigenvalue weighted by Gasteiger charge is 2.16. The minimum Gasteiger partial charge on any atom is -0.493 e. The number of rotatable bonds is 9. The molecule has 0 atom stereocenters. The quantitative estimate of drug-likeness (QED) is 0.306. The minimum atomic E-state index is -0.205. The van der Waals surface area contributed by atoms with Crippen LogP contribution in [0.5, 0.6) is 11.5 Å². The Labute approximate surface area is 211 Å². The number of hydrogen-bond donors (Lipinski definition) is 3. The number of nitrogens with zero attached hydrogens (tertiary/aromatic N) is 2. The number of benzene rings is 3. The van der Waals surface area contributed by atoms with Crippen molar-refractivity contribution in [2.75, 3.05) is 38.4 Å². The van der Waals surface area contributed by atoms with Crippen LogP contribution in [0.3, 0.4) is 0 Å². The van der Waals surface area contributed by atoms with E-state index in [9.17, 15) is 4.79 Å². The molecule has 0 fully saturated rings. The van der Waals surface area contributed by atoms with Crippen molar-refractivity contribution < 1.29 is 14.3 Å². The number of fused-ring (bicyclic) bond motifs is 1. The number of anilines is 2. The van der Waals surface area contributed by atoms with Crippen molar-refractivity contribution in [3.8, 4) is 22.6 Å². The van der Waals surface area contributed by atoms with E-state index < -0.39 is 0 Å². The average Bonchev–Trinajstić information content (AvgIpc) is 2.91. The molecule has 0 saturated heterocycles. The van der Waals surface area contributed by atoms with Gasteiger partial charge >= 0.3 is 0 Å². The molecule has 8 heteroatoms. The van der Waals surface area contributed by atoms with Crippen molar-refractivity contribution in [1.82, 2.24) is 15.3 Å². The Morgan fingerprint density at radius 3 is 2.50 bits per heavy atom. The van der Waals surface area contributed by atoms with Crippen molar-refractivity contribution in [2.24, 2.45) is 0 Å². The zero-order chi connectivity index (χ0) is 25.7. The van der Waals surface area contributed by atoms with Gasteiger partial charge in [0.05, 0.1) is 19.7 Å². The van der Waals surface area contributed by atoms with Crippen LogP contribution in [0.1, 0.15) is 28.4 Å². The van der Waals surface area contributed by atoms with E-state index in [4.69, 9.17) is 9.47 Å². The van der Waals surface area contributed by atoms with Gasteiger partial charge < -0.3 is 25.4 Å². The van der Waals surface area contributed by atoms with Crippen molar-refractivity contribution >= 4 is 28.4 Å². The maximum absolute atomic E-state index is 13.3. The molecule has 4 aromatic rings. The summed E-state index contributed by atoms with van der Waals surface area (Å²) in [6.07, 6.45) is 1.80. The van der Waals surface area contributed by atoms with Gasteiger partial charge in [0.2, 0.25) is 5.95 Å². The topological polar surface area (TPSA) is 97.4 Å². The largest absolute Gasteiger partial charge is 0.493 e. The first-order valence-electron chi connectivity index (χ1n) is 11.8. The molecule has 1 amide bonds. The van der Waals surface area contributed by atoms with E-state index >= 15 is 0 Å². The Bertz CT molecular complexity index is 1400. The molecule has 1 heterocycles. The minimum absolute atomic E-state index is 0.205. The molecule has 36 heavy (non-hydrogen) atoms. The Morgan fingerprint density at radius 1 is 1.00 bits per heavy atom. The normalized spacial score (nSPS) is 10.8. The molecule has 3 aromatic carbocycles. The number of methoxy groups -OCH3 is 2. The monoisotopic (exact) mass is 485 g/mol. The molecule has 0 aliphatic heterocycles. The highest BCUT2D eigenvalue weighted by molar-refractivity contribution is 6.05. The van der Waals surface area contributed by atoms with Gasteiger partial charge in [-0.3, -0.25) is 4.79 Å². The summed E-state index contributed by atoms with van der Waals surface area (Å²) in [5.41, 5.74) is 6.03. The maximum Gasteiger partial charge on any atom is 0.255 e. The third-order valence-electron chi connectivity index (χ3n) is 6.04. The van der Waals surface area contributed by atoms with Crippen LogP contribution in [0, 0.1) is 6.92 Å². The van der Waals surface area contributed by atoms with Crippen LogP contribution in [0.2, 0.25) is 0 Å². The van der Waals surface area contributed by atoms with Crippen LogP contribution < -0.4 is 25.4 Å². The highest BCUT2D eigenvalue weighted by atomic mass is 16.5. The zero-order valence-corrected chi connectivity index (χ0v) is 21.2. The predicted octanol–water partition coefficient (Wildman–Crippen LogP) is 5.03. The summed E-state index contributed by atoms with van der Waals surface area (Å²) < 4.78 is 10.9. The fourth-order valence-corrected chi connectivity index (χ4v) is 4.03. The van der Waals surface area contributed by atoms with Gasteiger partial charge in [0.25, 0.3) is 5.91 Å². The summed E-state index contributed by atoms with van der Waals surface area (Å²) in [4.78, 5) is 22.2. The number of ether oxygens (including phenoxy) is 2. The van der Waals surface area contributed by atoms with Gasteiger partial charge in [-0.15, -0.1) is 0 Å². The third-order valence-corrected chi connectivity index (χ3v) is 6.04. The average molecular weight is 486 g/mol. The molecule has 0 bridgehead atoms. The zero-order valence-electron chi connectivity index (χ0n) is 21.2. The molecular formula is C28H31N5O3. The van der Waals surface area contributed by atoms with Crippen LogP contribution >= 0.6 is 0 Å². The Hall–Kier alpha value is -4.17. The van der Waals surface area contributed by atoms with Crippen LogP contribution in [0.4, 0.5) is 11.6 Å². The number of carbonyl (C=O) groups excluding carboxylic acids is 1. The second-order valence-electron chi connectivity index (χ2n) is 8.35. The number of amides is 1. The predicted molar refractivity (Wildman–Crippen MR) is 144 cm³/mol. The molecule has 186 valence electrons. The summed E-state index contributed by atoms with van der Waals surface area (Å²) in [6.45, 7) is 5.45. The summed E-state index contributed by atoms with van der Waals surface area (Å²) in [6, 6.07) is 15.4. The molecule has 1 aromatic heterocycles. The fourth-order valence-electron chi connectivity index (χ4n) is 4.03. The van der Waals surface area contributed by atoms with E-state index in [0.29, 0.717) is 35.2 Å². The number of aromatic nitrogens is 2. The van der Waals surface area contributed by atoms with Crippen molar-refractivity contribution in [1.29, 1.82) is 0 Å². The Kier molecular flexibility index (Phi) is 7.65. The third kappa shape index (κ3) is 5.23. The maximum atomic E-state index is 13.3. The van der Waals surface area contributed by atoms with Crippen LogP contribution in [-0.2, 0) is 6.54 Å². The van der Waals surface area contributed by atoms with Gasteiger partial charge in [0.15, 0.2) is 11.5 Å². The second kappa shape index (κ2) is 11.0. The first-order chi connectivity index (χ1) is 17.5. The molecular weight excluding hydrogens is 454 g/mol. The standard InChI is InChI=1S/C28H31N5O3/c1-6-30-15-21-13-25(35-4)26(36-5)14-24(21)32-27(34)19-8-7-17(2)22(12-19)18-9-10-23-20(11-18)16-31-28(29-3)33-23/h7-14,16,30H,6,15H2,1-5H3,(H,32,34)(H,29,31,33). The van der Waals surface area contributed by atoms with Gasteiger partial charge in [-0.25, -0.2) is 9.97 Å². The van der Waals surface area contributed by atoms with Gasteiger partial charge in [-0.2, -0.15) is 0 Å². The van der Waals surface area contributed by atoms with E-state index in [1.807, 2.05) is 56.3 Å². The van der Waals surface area contributed by atoms with E-state index in [0.717, 1.165) is 39.7 Å². The lowest BCUT2D eigenvalue weighted by atomic mass is 9.96. The number of carbonyl (C=O) groups is 1. The van der Waals surface area contributed by atoms with Crippen LogP contribution in [-0.4, -0.2) is 43.7 Å². The number of hydrogen-bond acceptors (Lipinski definition) is 7. The Balaban J connectivity index is 1.67. The molecule has 0 spiro atoms. The lowest BCUT2D eigenvalue weighted by molar-refractivity contribution is 0.102. The summed E-state index contributed by atoms with van der Waals surface area (Å²) >= 11 is 0. The number of nitrogens with one attached hydrogen (secondary N) is 3. The molecule has 0 saturated carbocycles. The first kappa shape index (κ1) is 24.9. The highest BCUT2D eigenvalue weighted by Crippen LogP contribution is 2.34. The molecule has 0 radical (unpaired) electrons. The Morgan fingerprint density at radius 2 is 1.78 bits per heavy atom. The second-order valence-corrected chi connectivity index (χ2v) is 8.35. The van der Waals surface area contributed by atoms with Crippen LogP contribution in [0.15, 0.2) is 54.7 Å². The molecule has 8 nitrogen and oxygen atoms in total. The summed E-state index contributed by atoms with van der Waals surface area (Å²) in [5, 5.41) is 10.3. The van der Waals surface area contributed by atoms with E-state index in [2.05, 4.69) is 25.9 Å². The van der Waals surface area contributed by atoms with E-state index in [-0.39, 0.29) is 5.91 Å². The molecule has 3 N–H and O–H groups in total. The van der Waals surface area contributed by atoms with Gasteiger partial charge in [0.1, 0.15) is 0 Å². The lowest BCUT2D eigenvalue weighted by Crippen LogP contribution is -2.17. The van der Waals surface area contributed by atoms with Crippen molar-refractivity contribution in [3.63, 3.8) is 0 Å². The van der Waals surface area contributed by atoms with Gasteiger partial charge in [-0.1, -0.05) is 19.1 Å². The van der Waals surface area contributed by atoms with E-state index in [1.54, 1.807) is 33.5 Å². The van der Waals surface area contributed by atoms with Crippen molar-refractivity contribution in [2.45, 2.75) is 20.4 Å². The van der Waals surface area contributed by atoms with Crippen LogP contribution in [0.25, 0.3) is 22.0 Å². The lowest BCUT2D eigenvalue weighted by Gasteiger charge is -2.16. The van der Waals surface area contributed by atoms with Gasteiger partial charge in [-0.05, 0) is 66.1 Å².